The molecule has 0 aliphatic carbocycles. The van der Waals surface area contributed by atoms with Crippen molar-refractivity contribution < 1.29 is 4.79 Å². The van der Waals surface area contributed by atoms with Gasteiger partial charge in [-0.1, -0.05) is 24.1 Å². The smallest absolute Gasteiger partial charge is 0.273 e. The van der Waals surface area contributed by atoms with E-state index < -0.39 is 0 Å². The highest BCUT2D eigenvalue weighted by molar-refractivity contribution is 6.30. The molecule has 3 rings (SSSR count). The molecule has 25 heavy (non-hydrogen) atoms. The number of hydrogen-bond donors (Lipinski definition) is 1. The summed E-state index contributed by atoms with van der Waals surface area (Å²) in [6.07, 6.45) is 3.78. The third kappa shape index (κ3) is 4.38. The Morgan fingerprint density at radius 2 is 2.20 bits per heavy atom. The second-order valence-corrected chi connectivity index (χ2v) is 6.98. The summed E-state index contributed by atoms with van der Waals surface area (Å²) in [6, 6.07) is 7.83. The van der Waals surface area contributed by atoms with Crippen LogP contribution in [0.5, 0.6) is 0 Å². The summed E-state index contributed by atoms with van der Waals surface area (Å²) in [5.41, 5.74) is 1.69. The van der Waals surface area contributed by atoms with Crippen LogP contribution in [0.2, 0.25) is 5.02 Å². The quantitative estimate of drug-likeness (QED) is 0.889. The lowest BCUT2D eigenvalue weighted by Crippen LogP contribution is -2.42. The third-order valence-corrected chi connectivity index (χ3v) is 4.90. The Hall–Kier alpha value is -1.92. The van der Waals surface area contributed by atoms with Crippen molar-refractivity contribution in [2.45, 2.75) is 39.2 Å². The van der Waals surface area contributed by atoms with E-state index in [-0.39, 0.29) is 5.91 Å². The monoisotopic (exact) mass is 361 g/mol. The maximum absolute atomic E-state index is 12.4. The van der Waals surface area contributed by atoms with Crippen LogP contribution in [-0.2, 0) is 0 Å². The van der Waals surface area contributed by atoms with E-state index >= 15 is 0 Å². The number of aryl methyl sites for hydroxylation is 1. The highest BCUT2D eigenvalue weighted by Gasteiger charge is 2.19. The first-order valence-corrected chi connectivity index (χ1v) is 9.14. The standard InChI is InChI=1S/C18H24ClN5O/c1-13-6-3-4-10-23(13)11-9-20-18(25)17-14(2)21-24(22-17)16-8-5-7-15(19)12-16/h5,7-8,12-13H,3-4,6,9-11H2,1-2H3,(H,20,25). The summed E-state index contributed by atoms with van der Waals surface area (Å²) in [6.45, 7) is 6.64. The molecule has 1 N–H and O–H groups in total. The highest BCUT2D eigenvalue weighted by atomic mass is 35.5. The van der Waals surface area contributed by atoms with E-state index in [9.17, 15) is 4.79 Å². The van der Waals surface area contributed by atoms with E-state index in [1.807, 2.05) is 12.1 Å². The van der Waals surface area contributed by atoms with Crippen molar-refractivity contribution in [3.05, 3.63) is 40.7 Å². The van der Waals surface area contributed by atoms with Crippen LogP contribution in [0.3, 0.4) is 0 Å². The van der Waals surface area contributed by atoms with E-state index in [0.29, 0.717) is 29.0 Å². The Morgan fingerprint density at radius 1 is 1.36 bits per heavy atom. The van der Waals surface area contributed by atoms with Gasteiger partial charge in [-0.15, -0.1) is 5.10 Å². The molecule has 1 aliphatic rings. The number of halogens is 1. The molecule has 1 aliphatic heterocycles. The first-order valence-electron chi connectivity index (χ1n) is 8.77. The van der Waals surface area contributed by atoms with Crippen LogP contribution < -0.4 is 5.32 Å². The lowest BCUT2D eigenvalue weighted by molar-refractivity contribution is 0.0932. The summed E-state index contributed by atoms with van der Waals surface area (Å²) in [5, 5.41) is 12.2. The number of likely N-dealkylation sites (tertiary alicyclic amines) is 1. The summed E-state index contributed by atoms with van der Waals surface area (Å²) in [4.78, 5) is 16.3. The van der Waals surface area contributed by atoms with Gasteiger partial charge in [-0.3, -0.25) is 9.69 Å². The number of piperidine rings is 1. The molecule has 1 unspecified atom stereocenters. The largest absolute Gasteiger partial charge is 0.349 e. The van der Waals surface area contributed by atoms with Gasteiger partial charge in [0.1, 0.15) is 0 Å². The third-order valence-electron chi connectivity index (χ3n) is 4.66. The molecular weight excluding hydrogens is 338 g/mol. The maximum Gasteiger partial charge on any atom is 0.273 e. The molecule has 0 bridgehead atoms. The van der Waals surface area contributed by atoms with Crippen molar-refractivity contribution in [1.29, 1.82) is 0 Å². The Kier molecular flexibility index (Phi) is 5.71. The number of carbonyl (C=O) groups excluding carboxylic acids is 1. The molecule has 1 saturated heterocycles. The summed E-state index contributed by atoms with van der Waals surface area (Å²) < 4.78 is 0. The highest BCUT2D eigenvalue weighted by Crippen LogP contribution is 2.16. The first kappa shape index (κ1) is 17.9. The van der Waals surface area contributed by atoms with Gasteiger partial charge >= 0.3 is 0 Å². The molecule has 0 saturated carbocycles. The van der Waals surface area contributed by atoms with Gasteiger partial charge in [0, 0.05) is 24.2 Å². The molecule has 1 aromatic heterocycles. The van der Waals surface area contributed by atoms with Gasteiger partial charge in [0.2, 0.25) is 0 Å². The number of amides is 1. The topological polar surface area (TPSA) is 63.1 Å². The van der Waals surface area contributed by atoms with Gasteiger partial charge in [0.15, 0.2) is 5.69 Å². The van der Waals surface area contributed by atoms with E-state index in [1.165, 1.54) is 24.1 Å². The van der Waals surface area contributed by atoms with E-state index in [1.54, 1.807) is 19.1 Å². The first-order chi connectivity index (χ1) is 12.0. The molecule has 0 radical (unpaired) electrons. The molecule has 1 aromatic carbocycles. The van der Waals surface area contributed by atoms with Crippen molar-refractivity contribution in [1.82, 2.24) is 25.2 Å². The van der Waals surface area contributed by atoms with Gasteiger partial charge in [0.25, 0.3) is 5.91 Å². The molecule has 6 nitrogen and oxygen atoms in total. The molecule has 7 heteroatoms. The fourth-order valence-corrected chi connectivity index (χ4v) is 3.38. The second kappa shape index (κ2) is 7.97. The molecular formula is C18H24ClN5O. The predicted octanol–water partition coefficient (Wildman–Crippen LogP) is 2.83. The summed E-state index contributed by atoms with van der Waals surface area (Å²) in [7, 11) is 0. The van der Waals surface area contributed by atoms with Crippen LogP contribution in [0, 0.1) is 6.92 Å². The maximum atomic E-state index is 12.4. The summed E-state index contributed by atoms with van der Waals surface area (Å²) in [5.74, 6) is -0.185. The zero-order valence-corrected chi connectivity index (χ0v) is 15.5. The summed E-state index contributed by atoms with van der Waals surface area (Å²) >= 11 is 6.01. The second-order valence-electron chi connectivity index (χ2n) is 6.54. The number of nitrogens with one attached hydrogen (secondary N) is 1. The molecule has 2 heterocycles. The molecule has 1 atom stereocenters. The minimum Gasteiger partial charge on any atom is -0.349 e. The number of nitrogens with zero attached hydrogens (tertiary/aromatic N) is 4. The van der Waals surface area contributed by atoms with Crippen LogP contribution in [0.1, 0.15) is 42.4 Å². The molecule has 134 valence electrons. The van der Waals surface area contributed by atoms with Crippen LogP contribution in [0.15, 0.2) is 24.3 Å². The number of rotatable bonds is 5. The van der Waals surface area contributed by atoms with Crippen LogP contribution >= 0.6 is 11.6 Å². The number of benzene rings is 1. The average molecular weight is 362 g/mol. The zero-order chi connectivity index (χ0) is 17.8. The molecule has 1 fully saturated rings. The average Bonchev–Trinajstić information content (AvgIpc) is 2.98. The van der Waals surface area contributed by atoms with Crippen molar-refractivity contribution >= 4 is 17.5 Å². The predicted molar refractivity (Wildman–Crippen MR) is 98.3 cm³/mol. The Balaban J connectivity index is 1.60. The van der Waals surface area contributed by atoms with Gasteiger partial charge < -0.3 is 5.32 Å². The van der Waals surface area contributed by atoms with Crippen molar-refractivity contribution in [3.8, 4) is 5.69 Å². The van der Waals surface area contributed by atoms with Crippen LogP contribution in [0.25, 0.3) is 5.69 Å². The Bertz CT molecular complexity index is 745. The Morgan fingerprint density at radius 3 is 2.96 bits per heavy atom. The lowest BCUT2D eigenvalue weighted by atomic mass is 10.0. The fraction of sp³-hybridized carbons (Fsp3) is 0.500. The van der Waals surface area contributed by atoms with E-state index in [0.717, 1.165) is 18.8 Å². The zero-order valence-electron chi connectivity index (χ0n) is 14.7. The number of hydrogen-bond acceptors (Lipinski definition) is 4. The van der Waals surface area contributed by atoms with Crippen molar-refractivity contribution in [3.63, 3.8) is 0 Å². The Labute approximate surface area is 153 Å². The van der Waals surface area contributed by atoms with E-state index in [4.69, 9.17) is 11.6 Å². The van der Waals surface area contributed by atoms with Crippen molar-refractivity contribution in [2.24, 2.45) is 0 Å². The molecule has 1 amide bonds. The fourth-order valence-electron chi connectivity index (χ4n) is 3.19. The van der Waals surface area contributed by atoms with Crippen LogP contribution in [-0.4, -0.2) is 51.5 Å². The van der Waals surface area contributed by atoms with Crippen LogP contribution in [0.4, 0.5) is 0 Å². The van der Waals surface area contributed by atoms with Crippen molar-refractivity contribution in [2.75, 3.05) is 19.6 Å². The van der Waals surface area contributed by atoms with Gasteiger partial charge in [0.05, 0.1) is 11.4 Å². The van der Waals surface area contributed by atoms with Gasteiger partial charge in [-0.25, -0.2) is 0 Å². The minimum atomic E-state index is -0.185. The van der Waals surface area contributed by atoms with E-state index in [2.05, 4.69) is 27.3 Å². The molecule has 0 spiro atoms. The lowest BCUT2D eigenvalue weighted by Gasteiger charge is -2.33. The molecule has 2 aromatic rings. The minimum absolute atomic E-state index is 0.185. The van der Waals surface area contributed by atoms with Gasteiger partial charge in [-0.2, -0.15) is 9.90 Å². The number of carbonyl (C=O) groups is 1. The number of aromatic nitrogens is 3. The normalized spacial score (nSPS) is 18.3. The SMILES string of the molecule is Cc1nn(-c2cccc(Cl)c2)nc1C(=O)NCCN1CCCCC1C. The van der Waals surface area contributed by atoms with Gasteiger partial charge in [-0.05, 0) is 51.4 Å².